The molecular formula is C18H21N3O4S. The molecular weight excluding hydrogens is 354 g/mol. The van der Waals surface area contributed by atoms with Gasteiger partial charge in [-0.3, -0.25) is 10.2 Å². The van der Waals surface area contributed by atoms with E-state index in [1.165, 1.54) is 11.3 Å². The highest BCUT2D eigenvalue weighted by Gasteiger charge is 2.24. The molecule has 1 aromatic heterocycles. The highest BCUT2D eigenvalue weighted by Crippen LogP contribution is 2.27. The number of amidine groups is 1. The monoisotopic (exact) mass is 375 g/mol. The molecule has 0 unspecified atom stereocenters. The largest absolute Gasteiger partial charge is 0.480 e. The Morgan fingerprint density at radius 2 is 2.00 bits per heavy atom. The predicted octanol–water partition coefficient (Wildman–Crippen LogP) is 2.33. The van der Waals surface area contributed by atoms with Gasteiger partial charge in [-0.05, 0) is 43.2 Å². The van der Waals surface area contributed by atoms with Crippen LogP contribution in [0.3, 0.4) is 0 Å². The Morgan fingerprint density at radius 1 is 1.27 bits per heavy atom. The second-order valence-corrected chi connectivity index (χ2v) is 7.51. The highest BCUT2D eigenvalue weighted by atomic mass is 32.1. The first-order valence-electron chi connectivity index (χ1n) is 8.44. The lowest BCUT2D eigenvalue weighted by molar-refractivity contribution is -0.145. The molecule has 3 rings (SSSR count). The van der Waals surface area contributed by atoms with Crippen LogP contribution < -0.4 is 11.1 Å². The van der Waals surface area contributed by atoms with E-state index in [1.54, 1.807) is 6.07 Å². The number of carbonyl (C=O) groups excluding carboxylic acids is 1. The molecule has 0 spiro atoms. The third kappa shape index (κ3) is 4.39. The van der Waals surface area contributed by atoms with E-state index in [9.17, 15) is 9.59 Å². The Bertz CT molecular complexity index is 840. The van der Waals surface area contributed by atoms with E-state index in [2.05, 4.69) is 5.32 Å². The molecule has 0 radical (unpaired) electrons. The van der Waals surface area contributed by atoms with Crippen LogP contribution in [-0.2, 0) is 9.53 Å². The van der Waals surface area contributed by atoms with Crippen LogP contribution in [0.4, 0.5) is 0 Å². The number of hydrogen-bond acceptors (Lipinski definition) is 5. The Hall–Kier alpha value is -2.45. The molecule has 5 N–H and O–H groups in total. The van der Waals surface area contributed by atoms with Crippen LogP contribution in [0.15, 0.2) is 24.3 Å². The lowest BCUT2D eigenvalue weighted by Gasteiger charge is -2.28. The minimum absolute atomic E-state index is 0.00757. The zero-order valence-electron chi connectivity index (χ0n) is 14.2. The maximum absolute atomic E-state index is 12.5. The molecule has 1 aliphatic carbocycles. The maximum Gasteiger partial charge on any atom is 0.329 e. The van der Waals surface area contributed by atoms with Gasteiger partial charge in [-0.2, -0.15) is 0 Å². The van der Waals surface area contributed by atoms with Crippen LogP contribution in [0.5, 0.6) is 0 Å². The van der Waals surface area contributed by atoms with Crippen molar-refractivity contribution >= 4 is 39.1 Å². The van der Waals surface area contributed by atoms with E-state index in [1.807, 2.05) is 18.2 Å². The van der Waals surface area contributed by atoms with E-state index < -0.39 is 5.97 Å². The smallest absolute Gasteiger partial charge is 0.329 e. The van der Waals surface area contributed by atoms with Gasteiger partial charge in [0.05, 0.1) is 11.0 Å². The van der Waals surface area contributed by atoms with Gasteiger partial charge in [0.25, 0.3) is 5.91 Å². The maximum atomic E-state index is 12.5. The third-order valence-corrected chi connectivity index (χ3v) is 5.60. The fraction of sp³-hybridized carbons (Fsp3) is 0.389. The van der Waals surface area contributed by atoms with Gasteiger partial charge in [-0.15, -0.1) is 11.3 Å². The zero-order valence-corrected chi connectivity index (χ0v) is 15.0. The van der Waals surface area contributed by atoms with Crippen molar-refractivity contribution in [2.75, 3.05) is 6.61 Å². The van der Waals surface area contributed by atoms with Gasteiger partial charge < -0.3 is 20.9 Å². The SMILES string of the molecule is N=C(N)c1ccc2cc(C(=O)NC3CCC(OCC(=O)O)CC3)sc2c1. The lowest BCUT2D eigenvalue weighted by atomic mass is 9.93. The molecule has 8 heteroatoms. The summed E-state index contributed by atoms with van der Waals surface area (Å²) in [6.07, 6.45) is 2.98. The Kier molecular flexibility index (Phi) is 5.53. The van der Waals surface area contributed by atoms with Crippen molar-refractivity contribution in [3.63, 3.8) is 0 Å². The van der Waals surface area contributed by atoms with Crippen molar-refractivity contribution in [2.45, 2.75) is 37.8 Å². The standard InChI is InChI=1S/C18H21N3O4S/c19-17(20)11-2-1-10-7-15(26-14(10)8-11)18(24)21-12-3-5-13(6-4-12)25-9-16(22)23/h1-2,7-8,12-13H,3-6,9H2,(H3,19,20)(H,21,24)(H,22,23). The van der Waals surface area contributed by atoms with E-state index in [4.69, 9.17) is 21.0 Å². The average molecular weight is 375 g/mol. The van der Waals surface area contributed by atoms with Gasteiger partial charge >= 0.3 is 5.97 Å². The van der Waals surface area contributed by atoms with Crippen LogP contribution in [0, 0.1) is 5.41 Å². The van der Waals surface area contributed by atoms with Crippen molar-refractivity contribution in [1.29, 1.82) is 5.41 Å². The molecule has 0 saturated heterocycles. The van der Waals surface area contributed by atoms with E-state index >= 15 is 0 Å². The number of rotatable bonds is 6. The molecule has 26 heavy (non-hydrogen) atoms. The van der Waals surface area contributed by atoms with Crippen LogP contribution in [0.1, 0.15) is 40.9 Å². The molecule has 1 aromatic carbocycles. The van der Waals surface area contributed by atoms with Gasteiger partial charge in [0.2, 0.25) is 0 Å². The highest BCUT2D eigenvalue weighted by molar-refractivity contribution is 7.20. The van der Waals surface area contributed by atoms with Gasteiger partial charge in [0.1, 0.15) is 12.4 Å². The summed E-state index contributed by atoms with van der Waals surface area (Å²) in [4.78, 5) is 23.7. The summed E-state index contributed by atoms with van der Waals surface area (Å²) in [7, 11) is 0. The zero-order chi connectivity index (χ0) is 18.7. The van der Waals surface area contributed by atoms with E-state index in [0.717, 1.165) is 35.8 Å². The number of nitrogens with two attached hydrogens (primary N) is 1. The summed E-state index contributed by atoms with van der Waals surface area (Å²) in [5.74, 6) is -1.06. The van der Waals surface area contributed by atoms with Crippen molar-refractivity contribution in [3.05, 3.63) is 34.7 Å². The Balaban J connectivity index is 1.58. The lowest BCUT2D eigenvalue weighted by Crippen LogP contribution is -2.39. The molecule has 1 saturated carbocycles. The van der Waals surface area contributed by atoms with Crippen molar-refractivity contribution in [1.82, 2.24) is 5.32 Å². The number of fused-ring (bicyclic) bond motifs is 1. The van der Waals surface area contributed by atoms with Gasteiger partial charge in [0, 0.05) is 16.3 Å². The first-order chi connectivity index (χ1) is 12.4. The van der Waals surface area contributed by atoms with Gasteiger partial charge in [-0.1, -0.05) is 12.1 Å². The number of carbonyl (C=O) groups is 2. The quantitative estimate of drug-likeness (QED) is 0.455. The fourth-order valence-corrected chi connectivity index (χ4v) is 4.14. The molecule has 2 aromatic rings. The second kappa shape index (κ2) is 7.84. The molecule has 1 heterocycles. The Labute approximate surface area is 154 Å². The molecule has 7 nitrogen and oxygen atoms in total. The summed E-state index contributed by atoms with van der Waals surface area (Å²) in [6, 6.07) is 7.39. The summed E-state index contributed by atoms with van der Waals surface area (Å²) < 4.78 is 6.24. The summed E-state index contributed by atoms with van der Waals surface area (Å²) in [5, 5.41) is 20.2. The summed E-state index contributed by atoms with van der Waals surface area (Å²) >= 11 is 1.38. The number of hydrogen-bond donors (Lipinski definition) is 4. The Morgan fingerprint density at radius 3 is 2.65 bits per heavy atom. The number of benzene rings is 1. The van der Waals surface area contributed by atoms with E-state index in [-0.39, 0.29) is 30.5 Å². The molecule has 138 valence electrons. The van der Waals surface area contributed by atoms with Crippen molar-refractivity contribution in [3.8, 4) is 0 Å². The fourth-order valence-electron chi connectivity index (χ4n) is 3.13. The number of aliphatic carboxylic acids is 1. The van der Waals surface area contributed by atoms with Crippen molar-refractivity contribution < 1.29 is 19.4 Å². The number of thiophene rings is 1. The molecule has 0 aliphatic heterocycles. The normalized spacial score (nSPS) is 20.0. The minimum Gasteiger partial charge on any atom is -0.480 e. The second-order valence-electron chi connectivity index (χ2n) is 6.43. The van der Waals surface area contributed by atoms with Gasteiger partial charge in [-0.25, -0.2) is 4.79 Å². The molecule has 0 bridgehead atoms. The van der Waals surface area contributed by atoms with E-state index in [0.29, 0.717) is 10.4 Å². The molecule has 1 aliphatic rings. The average Bonchev–Trinajstić information content (AvgIpc) is 3.04. The third-order valence-electron chi connectivity index (χ3n) is 4.51. The number of nitrogens with one attached hydrogen (secondary N) is 2. The van der Waals surface area contributed by atoms with Gasteiger partial charge in [0.15, 0.2) is 0 Å². The molecule has 1 amide bonds. The van der Waals surface area contributed by atoms with Crippen molar-refractivity contribution in [2.24, 2.45) is 5.73 Å². The van der Waals surface area contributed by atoms with Crippen LogP contribution in [0.2, 0.25) is 0 Å². The molecule has 0 atom stereocenters. The predicted molar refractivity (Wildman–Crippen MR) is 99.9 cm³/mol. The summed E-state index contributed by atoms with van der Waals surface area (Å²) in [5.41, 5.74) is 6.15. The van der Waals surface area contributed by atoms with Crippen LogP contribution >= 0.6 is 11.3 Å². The first-order valence-corrected chi connectivity index (χ1v) is 9.26. The number of carboxylic acids is 1. The van der Waals surface area contributed by atoms with Crippen LogP contribution in [0.25, 0.3) is 10.1 Å². The number of ether oxygens (including phenoxy) is 1. The number of carboxylic acid groups (broad SMARTS) is 1. The number of nitrogen functional groups attached to an aromatic ring is 1. The topological polar surface area (TPSA) is 126 Å². The minimum atomic E-state index is -0.960. The number of amides is 1. The summed E-state index contributed by atoms with van der Waals surface area (Å²) in [6.45, 7) is -0.272. The molecule has 1 fully saturated rings. The van der Waals surface area contributed by atoms with Crippen LogP contribution in [-0.4, -0.2) is 41.6 Å². The first kappa shape index (κ1) is 18.3.